The number of nitrogens with one attached hydrogen (secondary N) is 1. The molecule has 0 unspecified atom stereocenters. The summed E-state index contributed by atoms with van der Waals surface area (Å²) < 4.78 is 17.0. The summed E-state index contributed by atoms with van der Waals surface area (Å²) in [6, 6.07) is 5.55. The van der Waals surface area contributed by atoms with Crippen LogP contribution in [-0.4, -0.2) is 64.1 Å². The fourth-order valence-corrected chi connectivity index (χ4v) is 3.81. The summed E-state index contributed by atoms with van der Waals surface area (Å²) >= 11 is 0. The van der Waals surface area contributed by atoms with Crippen molar-refractivity contribution < 1.29 is 24.1 Å². The van der Waals surface area contributed by atoms with E-state index in [2.05, 4.69) is 15.3 Å². The lowest BCUT2D eigenvalue weighted by Gasteiger charge is -2.32. The third-order valence-electron chi connectivity index (χ3n) is 5.85. The maximum Gasteiger partial charge on any atom is 0.410 e. The summed E-state index contributed by atoms with van der Waals surface area (Å²) in [6.45, 7) is 7.38. The van der Waals surface area contributed by atoms with E-state index < -0.39 is 0 Å². The van der Waals surface area contributed by atoms with Gasteiger partial charge in [0, 0.05) is 50.3 Å². The molecule has 1 saturated heterocycles. The van der Waals surface area contributed by atoms with E-state index in [1.165, 1.54) is 12.8 Å². The number of hydrogen-bond donors (Lipinski definition) is 2. The van der Waals surface area contributed by atoms with Gasteiger partial charge in [-0.1, -0.05) is 0 Å². The molecule has 34 heavy (non-hydrogen) atoms. The lowest BCUT2D eigenvalue weighted by molar-refractivity contribution is 0.0511. The maximum absolute atomic E-state index is 12.1. The molecule has 2 aromatic rings. The SMILES string of the molecule is Cc1nc(CCOC2CC2)ccc1Nc1nccc(OC2CCN(C(=O)OC(C)C)CC2)c1O. The van der Waals surface area contributed by atoms with Gasteiger partial charge in [0.15, 0.2) is 11.6 Å². The van der Waals surface area contributed by atoms with Crippen molar-refractivity contribution in [2.75, 3.05) is 25.0 Å². The Morgan fingerprint density at radius 2 is 1.94 bits per heavy atom. The Morgan fingerprint density at radius 1 is 1.18 bits per heavy atom. The minimum atomic E-state index is -0.294. The van der Waals surface area contributed by atoms with Crippen molar-refractivity contribution in [2.45, 2.75) is 71.2 Å². The second-order valence-electron chi connectivity index (χ2n) is 9.12. The number of piperidine rings is 1. The molecule has 184 valence electrons. The molecule has 0 aromatic carbocycles. The van der Waals surface area contributed by atoms with Gasteiger partial charge in [0.25, 0.3) is 0 Å². The summed E-state index contributed by atoms with van der Waals surface area (Å²) in [4.78, 5) is 22.7. The van der Waals surface area contributed by atoms with Crippen LogP contribution in [0.15, 0.2) is 24.4 Å². The molecule has 2 aliphatic rings. The molecule has 1 aliphatic heterocycles. The van der Waals surface area contributed by atoms with E-state index in [1.54, 1.807) is 17.2 Å². The van der Waals surface area contributed by atoms with Crippen LogP contribution in [0.5, 0.6) is 11.5 Å². The molecule has 9 heteroatoms. The molecule has 0 spiro atoms. The van der Waals surface area contributed by atoms with E-state index in [9.17, 15) is 9.90 Å². The van der Waals surface area contributed by atoms with Crippen LogP contribution in [0.4, 0.5) is 16.3 Å². The smallest absolute Gasteiger partial charge is 0.410 e. The average molecular weight is 471 g/mol. The molecule has 0 atom stereocenters. The number of aromatic nitrogens is 2. The summed E-state index contributed by atoms with van der Waals surface area (Å²) in [6.07, 6.45) is 5.93. The van der Waals surface area contributed by atoms with Crippen molar-refractivity contribution in [2.24, 2.45) is 0 Å². The molecule has 0 bridgehead atoms. The van der Waals surface area contributed by atoms with Crippen LogP contribution in [0, 0.1) is 6.92 Å². The van der Waals surface area contributed by atoms with E-state index in [1.807, 2.05) is 32.9 Å². The van der Waals surface area contributed by atoms with Crippen molar-refractivity contribution in [1.82, 2.24) is 14.9 Å². The van der Waals surface area contributed by atoms with Gasteiger partial charge in [-0.05, 0) is 45.7 Å². The van der Waals surface area contributed by atoms with Gasteiger partial charge >= 0.3 is 6.09 Å². The van der Waals surface area contributed by atoms with Gasteiger partial charge in [-0.2, -0.15) is 0 Å². The predicted molar refractivity (Wildman–Crippen MR) is 128 cm³/mol. The Hall–Kier alpha value is -3.07. The molecule has 1 saturated carbocycles. The first-order valence-electron chi connectivity index (χ1n) is 12.0. The number of ether oxygens (including phenoxy) is 3. The molecule has 2 fully saturated rings. The van der Waals surface area contributed by atoms with Crippen LogP contribution in [0.3, 0.4) is 0 Å². The Kier molecular flexibility index (Phi) is 7.72. The van der Waals surface area contributed by atoms with Crippen molar-refractivity contribution in [1.29, 1.82) is 0 Å². The molecule has 0 radical (unpaired) electrons. The number of anilines is 2. The average Bonchev–Trinajstić information content (AvgIpc) is 3.62. The molecule has 1 aliphatic carbocycles. The zero-order valence-corrected chi connectivity index (χ0v) is 20.1. The zero-order chi connectivity index (χ0) is 24.1. The van der Waals surface area contributed by atoms with Gasteiger partial charge in [0.2, 0.25) is 5.75 Å². The number of carbonyl (C=O) groups excluding carboxylic acids is 1. The third kappa shape index (κ3) is 6.50. The number of carbonyl (C=O) groups is 1. The number of hydrogen-bond acceptors (Lipinski definition) is 8. The highest BCUT2D eigenvalue weighted by Crippen LogP contribution is 2.35. The predicted octanol–water partition coefficient (Wildman–Crippen LogP) is 4.34. The molecule has 2 N–H and O–H groups in total. The number of nitrogens with zero attached hydrogens (tertiary/aromatic N) is 3. The first-order chi connectivity index (χ1) is 16.4. The van der Waals surface area contributed by atoms with Crippen molar-refractivity contribution in [3.63, 3.8) is 0 Å². The second kappa shape index (κ2) is 10.9. The molecular weight excluding hydrogens is 436 g/mol. The van der Waals surface area contributed by atoms with E-state index in [-0.39, 0.29) is 24.1 Å². The first kappa shape index (κ1) is 24.1. The van der Waals surface area contributed by atoms with Gasteiger partial charge in [-0.3, -0.25) is 4.98 Å². The Bertz CT molecular complexity index is 987. The summed E-state index contributed by atoms with van der Waals surface area (Å²) in [5.74, 6) is 0.621. The van der Waals surface area contributed by atoms with E-state index in [0.29, 0.717) is 50.2 Å². The molecule has 1 amide bonds. The number of aryl methyl sites for hydroxylation is 1. The molecular formula is C25H34N4O5. The van der Waals surface area contributed by atoms with E-state index >= 15 is 0 Å². The van der Waals surface area contributed by atoms with Crippen LogP contribution in [0.1, 0.15) is 50.9 Å². The lowest BCUT2D eigenvalue weighted by Crippen LogP contribution is -2.42. The minimum Gasteiger partial charge on any atom is -0.502 e. The summed E-state index contributed by atoms with van der Waals surface area (Å²) in [7, 11) is 0. The highest BCUT2D eigenvalue weighted by molar-refractivity contribution is 5.68. The van der Waals surface area contributed by atoms with Gasteiger partial charge in [-0.25, -0.2) is 9.78 Å². The Balaban J connectivity index is 1.33. The zero-order valence-electron chi connectivity index (χ0n) is 20.1. The number of amides is 1. The highest BCUT2D eigenvalue weighted by Gasteiger charge is 2.26. The van der Waals surface area contributed by atoms with Gasteiger partial charge in [-0.15, -0.1) is 0 Å². The number of likely N-dealkylation sites (tertiary alicyclic amines) is 1. The quantitative estimate of drug-likeness (QED) is 0.557. The maximum atomic E-state index is 12.1. The lowest BCUT2D eigenvalue weighted by atomic mass is 10.1. The minimum absolute atomic E-state index is 0.0505. The highest BCUT2D eigenvalue weighted by atomic mass is 16.6. The van der Waals surface area contributed by atoms with E-state index in [4.69, 9.17) is 14.2 Å². The molecule has 9 nitrogen and oxygen atoms in total. The number of aromatic hydroxyl groups is 1. The van der Waals surface area contributed by atoms with Crippen LogP contribution in [0.2, 0.25) is 0 Å². The van der Waals surface area contributed by atoms with Crippen LogP contribution < -0.4 is 10.1 Å². The van der Waals surface area contributed by atoms with Crippen molar-refractivity contribution >= 4 is 17.6 Å². The number of rotatable bonds is 9. The summed E-state index contributed by atoms with van der Waals surface area (Å²) in [5, 5.41) is 13.9. The molecule has 2 aromatic heterocycles. The first-order valence-corrected chi connectivity index (χ1v) is 12.0. The fourth-order valence-electron chi connectivity index (χ4n) is 3.81. The van der Waals surface area contributed by atoms with E-state index in [0.717, 1.165) is 23.5 Å². The number of pyridine rings is 2. The Morgan fingerprint density at radius 3 is 2.62 bits per heavy atom. The summed E-state index contributed by atoms with van der Waals surface area (Å²) in [5.41, 5.74) is 2.56. The van der Waals surface area contributed by atoms with Crippen LogP contribution in [-0.2, 0) is 15.9 Å². The fraction of sp³-hybridized carbons (Fsp3) is 0.560. The van der Waals surface area contributed by atoms with Crippen LogP contribution >= 0.6 is 0 Å². The normalized spacial score (nSPS) is 16.5. The topological polar surface area (TPSA) is 106 Å². The molecule has 4 rings (SSSR count). The van der Waals surface area contributed by atoms with Crippen LogP contribution in [0.25, 0.3) is 0 Å². The Labute approximate surface area is 200 Å². The van der Waals surface area contributed by atoms with Crippen molar-refractivity contribution in [3.8, 4) is 11.5 Å². The van der Waals surface area contributed by atoms with Crippen molar-refractivity contribution in [3.05, 3.63) is 35.8 Å². The largest absolute Gasteiger partial charge is 0.502 e. The third-order valence-corrected chi connectivity index (χ3v) is 5.85. The molecule has 3 heterocycles. The standard InChI is InChI=1S/C25H34N4O5/c1-16(2)33-25(31)29-13-9-20(10-14-29)34-22-8-12-26-24(23(22)30)28-21-7-4-18(27-17(21)3)11-15-32-19-5-6-19/h4,7-8,12,16,19-20,30H,5-6,9-11,13-15H2,1-3H3,(H,26,28). The second-order valence-corrected chi connectivity index (χ2v) is 9.12. The van der Waals surface area contributed by atoms with Gasteiger partial charge in [0.1, 0.15) is 6.10 Å². The van der Waals surface area contributed by atoms with Gasteiger partial charge < -0.3 is 29.5 Å². The van der Waals surface area contributed by atoms with Gasteiger partial charge in [0.05, 0.1) is 30.2 Å². The monoisotopic (exact) mass is 470 g/mol.